The van der Waals surface area contributed by atoms with E-state index in [1.165, 1.54) is 0 Å². The maximum Gasteiger partial charge on any atom is 0.255 e. The first-order valence-corrected chi connectivity index (χ1v) is 6.78. The number of carbonyl (C=O) groups is 1. The molecule has 0 spiro atoms. The molecule has 0 saturated heterocycles. The number of anilines is 1. The van der Waals surface area contributed by atoms with Crippen LogP contribution in [0.15, 0.2) is 59.9 Å². The Hall–Kier alpha value is -3.08. The monoisotopic (exact) mass is 291 g/mol. The van der Waals surface area contributed by atoms with Crippen LogP contribution in [0, 0.1) is 11.8 Å². The minimum absolute atomic E-state index is 0.186. The Labute approximate surface area is 127 Å². The van der Waals surface area contributed by atoms with Crippen molar-refractivity contribution in [1.82, 2.24) is 4.98 Å². The van der Waals surface area contributed by atoms with E-state index >= 15 is 0 Å². The van der Waals surface area contributed by atoms with E-state index in [0.29, 0.717) is 22.2 Å². The molecule has 0 unspecified atom stereocenters. The van der Waals surface area contributed by atoms with Crippen LogP contribution in [0.2, 0.25) is 0 Å². The SMILES string of the molecule is Cc1ccc(C(=O)Nc2ccc3ncccc3c2N=O)cc1. The molecule has 5 nitrogen and oxygen atoms in total. The van der Waals surface area contributed by atoms with Gasteiger partial charge in [-0.1, -0.05) is 17.7 Å². The number of hydrogen-bond donors (Lipinski definition) is 1. The second kappa shape index (κ2) is 5.73. The Morgan fingerprint density at radius 1 is 1.09 bits per heavy atom. The van der Waals surface area contributed by atoms with Crippen LogP contribution in [-0.4, -0.2) is 10.9 Å². The van der Waals surface area contributed by atoms with Crippen molar-refractivity contribution in [1.29, 1.82) is 0 Å². The molecular weight excluding hydrogens is 278 g/mol. The third-order valence-electron chi connectivity index (χ3n) is 3.41. The zero-order chi connectivity index (χ0) is 15.5. The normalized spacial score (nSPS) is 10.4. The third-order valence-corrected chi connectivity index (χ3v) is 3.41. The van der Waals surface area contributed by atoms with Crippen LogP contribution in [0.3, 0.4) is 0 Å². The molecule has 0 saturated carbocycles. The fraction of sp³-hybridized carbons (Fsp3) is 0.0588. The molecule has 0 atom stereocenters. The number of benzene rings is 2. The van der Waals surface area contributed by atoms with Gasteiger partial charge in [0.25, 0.3) is 5.91 Å². The summed E-state index contributed by atoms with van der Waals surface area (Å²) in [5.74, 6) is -0.284. The highest BCUT2D eigenvalue weighted by molar-refractivity contribution is 6.08. The number of carbonyl (C=O) groups excluding carboxylic acids is 1. The quantitative estimate of drug-likeness (QED) is 0.735. The highest BCUT2D eigenvalue weighted by atomic mass is 16.3. The van der Waals surface area contributed by atoms with Crippen molar-refractivity contribution in [3.8, 4) is 0 Å². The Morgan fingerprint density at radius 3 is 2.59 bits per heavy atom. The van der Waals surface area contributed by atoms with Gasteiger partial charge in [-0.25, -0.2) is 0 Å². The molecule has 1 aromatic heterocycles. The maximum absolute atomic E-state index is 12.3. The van der Waals surface area contributed by atoms with E-state index in [1.807, 2.05) is 19.1 Å². The van der Waals surface area contributed by atoms with Gasteiger partial charge < -0.3 is 5.32 Å². The fourth-order valence-electron chi connectivity index (χ4n) is 2.24. The van der Waals surface area contributed by atoms with Crippen molar-refractivity contribution < 1.29 is 4.79 Å². The molecule has 3 rings (SSSR count). The molecule has 1 heterocycles. The molecule has 1 amide bonds. The van der Waals surface area contributed by atoms with Gasteiger partial charge in [0.1, 0.15) is 5.69 Å². The van der Waals surface area contributed by atoms with E-state index in [9.17, 15) is 9.70 Å². The molecular formula is C17H13N3O2. The minimum atomic E-state index is -0.284. The number of nitrogens with zero attached hydrogens (tertiary/aromatic N) is 2. The average molecular weight is 291 g/mol. The summed E-state index contributed by atoms with van der Waals surface area (Å²) in [4.78, 5) is 27.6. The second-order valence-corrected chi connectivity index (χ2v) is 4.94. The van der Waals surface area contributed by atoms with E-state index in [1.54, 1.807) is 42.6 Å². The standard InChI is InChI=1S/C17H13N3O2/c1-11-4-6-12(7-5-11)17(21)19-15-9-8-14-13(16(15)20-22)3-2-10-18-14/h2-10H,1H3,(H,19,21). The fourth-order valence-corrected chi connectivity index (χ4v) is 2.24. The lowest BCUT2D eigenvalue weighted by molar-refractivity contribution is 0.102. The van der Waals surface area contributed by atoms with Crippen LogP contribution < -0.4 is 5.32 Å². The predicted octanol–water partition coefficient (Wildman–Crippen LogP) is 4.19. The number of pyridine rings is 1. The van der Waals surface area contributed by atoms with Gasteiger partial charge in [-0.2, -0.15) is 0 Å². The largest absolute Gasteiger partial charge is 0.320 e. The van der Waals surface area contributed by atoms with E-state index in [2.05, 4.69) is 15.5 Å². The Balaban J connectivity index is 1.98. The molecule has 2 aromatic carbocycles. The number of aryl methyl sites for hydroxylation is 1. The summed E-state index contributed by atoms with van der Waals surface area (Å²) in [7, 11) is 0. The summed E-state index contributed by atoms with van der Waals surface area (Å²) in [6.07, 6.45) is 1.64. The van der Waals surface area contributed by atoms with Gasteiger partial charge in [-0.15, -0.1) is 4.91 Å². The topological polar surface area (TPSA) is 71.4 Å². The van der Waals surface area contributed by atoms with Crippen LogP contribution >= 0.6 is 0 Å². The van der Waals surface area contributed by atoms with Gasteiger partial charge in [0.2, 0.25) is 0 Å². The number of hydrogen-bond acceptors (Lipinski definition) is 4. The first-order valence-electron chi connectivity index (χ1n) is 6.78. The van der Waals surface area contributed by atoms with Crippen molar-refractivity contribution in [2.45, 2.75) is 6.92 Å². The van der Waals surface area contributed by atoms with E-state index in [0.717, 1.165) is 5.56 Å². The van der Waals surface area contributed by atoms with Crippen LogP contribution in [0.5, 0.6) is 0 Å². The molecule has 22 heavy (non-hydrogen) atoms. The number of nitroso groups, excluding NO2 is 1. The lowest BCUT2D eigenvalue weighted by Crippen LogP contribution is -2.12. The van der Waals surface area contributed by atoms with Crippen molar-refractivity contribution in [2.75, 3.05) is 5.32 Å². The molecule has 0 fully saturated rings. The smallest absolute Gasteiger partial charge is 0.255 e. The molecule has 0 aliphatic heterocycles. The van der Waals surface area contributed by atoms with Gasteiger partial charge in [0, 0.05) is 17.1 Å². The number of fused-ring (bicyclic) bond motifs is 1. The van der Waals surface area contributed by atoms with E-state index < -0.39 is 0 Å². The molecule has 3 aromatic rings. The summed E-state index contributed by atoms with van der Waals surface area (Å²) in [5, 5.41) is 6.39. The number of amides is 1. The zero-order valence-electron chi connectivity index (χ0n) is 11.9. The van der Waals surface area contributed by atoms with Crippen LogP contribution in [-0.2, 0) is 0 Å². The van der Waals surface area contributed by atoms with Gasteiger partial charge in [-0.3, -0.25) is 9.78 Å². The molecule has 0 aliphatic carbocycles. The molecule has 1 N–H and O–H groups in total. The Kier molecular flexibility index (Phi) is 3.62. The van der Waals surface area contributed by atoms with Crippen molar-refractivity contribution in [3.05, 3.63) is 70.8 Å². The third kappa shape index (κ3) is 2.56. The van der Waals surface area contributed by atoms with E-state index in [4.69, 9.17) is 0 Å². The molecule has 108 valence electrons. The van der Waals surface area contributed by atoms with Crippen molar-refractivity contribution in [3.63, 3.8) is 0 Å². The van der Waals surface area contributed by atoms with Gasteiger partial charge >= 0.3 is 0 Å². The molecule has 0 radical (unpaired) electrons. The second-order valence-electron chi connectivity index (χ2n) is 4.94. The first-order chi connectivity index (χ1) is 10.7. The highest BCUT2D eigenvalue weighted by Crippen LogP contribution is 2.33. The van der Waals surface area contributed by atoms with Crippen LogP contribution in [0.1, 0.15) is 15.9 Å². The molecule has 0 bridgehead atoms. The van der Waals surface area contributed by atoms with Gasteiger partial charge in [0.05, 0.1) is 11.2 Å². The van der Waals surface area contributed by atoms with Crippen LogP contribution in [0.25, 0.3) is 10.9 Å². The van der Waals surface area contributed by atoms with E-state index in [-0.39, 0.29) is 11.6 Å². The highest BCUT2D eigenvalue weighted by Gasteiger charge is 2.12. The maximum atomic E-state index is 12.3. The van der Waals surface area contributed by atoms with Crippen molar-refractivity contribution in [2.24, 2.45) is 5.18 Å². The minimum Gasteiger partial charge on any atom is -0.320 e. The average Bonchev–Trinajstić information content (AvgIpc) is 2.55. The summed E-state index contributed by atoms with van der Waals surface area (Å²) in [6, 6.07) is 14.1. The summed E-state index contributed by atoms with van der Waals surface area (Å²) >= 11 is 0. The van der Waals surface area contributed by atoms with Crippen LogP contribution in [0.4, 0.5) is 11.4 Å². The number of nitrogens with one attached hydrogen (secondary N) is 1. The summed E-state index contributed by atoms with van der Waals surface area (Å²) in [6.45, 7) is 1.95. The number of aromatic nitrogens is 1. The molecule has 5 heteroatoms. The predicted molar refractivity (Wildman–Crippen MR) is 86.3 cm³/mol. The Morgan fingerprint density at radius 2 is 1.86 bits per heavy atom. The Bertz CT molecular complexity index is 857. The lowest BCUT2D eigenvalue weighted by atomic mass is 10.1. The summed E-state index contributed by atoms with van der Waals surface area (Å²) < 4.78 is 0. The van der Waals surface area contributed by atoms with Gasteiger partial charge in [0.15, 0.2) is 0 Å². The molecule has 0 aliphatic rings. The number of rotatable bonds is 3. The van der Waals surface area contributed by atoms with Gasteiger partial charge in [-0.05, 0) is 48.5 Å². The van der Waals surface area contributed by atoms with Crippen molar-refractivity contribution >= 4 is 28.2 Å². The lowest BCUT2D eigenvalue weighted by Gasteiger charge is -2.09. The first kappa shape index (κ1) is 13.9. The zero-order valence-corrected chi connectivity index (χ0v) is 11.9. The summed E-state index contributed by atoms with van der Waals surface area (Å²) in [5.41, 5.74) is 2.81.